The Labute approximate surface area is 259 Å². The van der Waals surface area contributed by atoms with Crippen molar-refractivity contribution in [2.75, 3.05) is 43.6 Å². The van der Waals surface area contributed by atoms with Crippen molar-refractivity contribution in [1.29, 1.82) is 5.26 Å². The largest absolute Gasteiger partial charge is 0.464 e. The van der Waals surface area contributed by atoms with E-state index in [4.69, 9.17) is 30.8 Å². The molecule has 0 aromatic carbocycles. The molecule has 0 bridgehead atoms. The van der Waals surface area contributed by atoms with Gasteiger partial charge < -0.3 is 30.2 Å². The molecule has 10 nitrogen and oxygen atoms in total. The van der Waals surface area contributed by atoms with Crippen LogP contribution in [0.1, 0.15) is 65.2 Å². The highest BCUT2D eigenvalue weighted by atomic mass is 35.5. The van der Waals surface area contributed by atoms with Crippen molar-refractivity contribution in [2.24, 2.45) is 5.41 Å². The molecule has 2 aromatic heterocycles. The number of ether oxygens (including phenoxy) is 3. The summed E-state index contributed by atoms with van der Waals surface area (Å²) < 4.78 is 16.6. The van der Waals surface area contributed by atoms with Crippen LogP contribution < -0.4 is 16.0 Å². The molecule has 0 radical (unpaired) electrons. The molecule has 0 spiro atoms. The zero-order valence-electron chi connectivity index (χ0n) is 25.2. The number of anilines is 2. The lowest BCUT2D eigenvalue weighted by Gasteiger charge is -2.32. The number of pyridine rings is 2. The lowest BCUT2D eigenvalue weighted by atomic mass is 9.82. The number of carbonyl (C=O) groups is 1. The molecular weight excluding hydrogens is 568 g/mol. The van der Waals surface area contributed by atoms with Crippen LogP contribution in [-0.2, 0) is 19.0 Å². The molecule has 5 rings (SSSR count). The predicted octanol–water partition coefficient (Wildman–Crippen LogP) is 5.34. The van der Waals surface area contributed by atoms with E-state index in [0.29, 0.717) is 68.7 Å². The number of aromatic nitrogens is 2. The molecule has 1 aliphatic heterocycles. The van der Waals surface area contributed by atoms with Crippen LogP contribution in [0.15, 0.2) is 30.5 Å². The number of esters is 1. The standard InChI is InChI=1S/C32H43ClN6O4/c1-3-42-30(40)32(11-12-32)43-19-22(2)37-23-7-9-24(10-8-23)38-29-17-25(26(33)18-35-29)27-5-4-6-28(39-27)36-21-31(20-34)13-15-41-16-14-31/h4-6,17-18,22-24,37H,3,7-16,19,21H2,1-2H3,(H,35,38)(H,36,39)/t22?,23-,24-. The fourth-order valence-corrected chi connectivity index (χ4v) is 6.08. The molecular formula is C32H43ClN6O4. The monoisotopic (exact) mass is 610 g/mol. The van der Waals surface area contributed by atoms with E-state index < -0.39 is 11.0 Å². The molecule has 2 saturated carbocycles. The summed E-state index contributed by atoms with van der Waals surface area (Å²) in [4.78, 5) is 21.5. The van der Waals surface area contributed by atoms with E-state index >= 15 is 0 Å². The molecule has 2 aromatic rings. The van der Waals surface area contributed by atoms with E-state index in [1.807, 2.05) is 31.2 Å². The minimum absolute atomic E-state index is 0.154. The van der Waals surface area contributed by atoms with Crippen molar-refractivity contribution in [1.82, 2.24) is 15.3 Å². The molecule has 3 heterocycles. The first-order chi connectivity index (χ1) is 20.8. The predicted molar refractivity (Wildman–Crippen MR) is 166 cm³/mol. The smallest absolute Gasteiger partial charge is 0.338 e. The van der Waals surface area contributed by atoms with Gasteiger partial charge in [-0.05, 0) is 83.4 Å². The molecule has 43 heavy (non-hydrogen) atoms. The van der Waals surface area contributed by atoms with Gasteiger partial charge in [0.25, 0.3) is 0 Å². The molecule has 1 atom stereocenters. The Kier molecular flexibility index (Phi) is 10.4. The van der Waals surface area contributed by atoms with Crippen molar-refractivity contribution in [2.45, 2.75) is 88.9 Å². The van der Waals surface area contributed by atoms with Gasteiger partial charge in [0, 0.05) is 49.6 Å². The van der Waals surface area contributed by atoms with E-state index in [1.54, 1.807) is 6.20 Å². The molecule has 3 N–H and O–H groups in total. The quantitative estimate of drug-likeness (QED) is 0.255. The van der Waals surface area contributed by atoms with Gasteiger partial charge in [-0.1, -0.05) is 17.7 Å². The van der Waals surface area contributed by atoms with Crippen molar-refractivity contribution >= 4 is 29.2 Å². The first kappa shape index (κ1) is 31.5. The zero-order chi connectivity index (χ0) is 30.3. The fourth-order valence-electron chi connectivity index (χ4n) is 5.88. The summed E-state index contributed by atoms with van der Waals surface area (Å²) in [5.74, 6) is 1.25. The topological polar surface area (TPSA) is 130 Å². The summed E-state index contributed by atoms with van der Waals surface area (Å²) in [6, 6.07) is 11.1. The lowest BCUT2D eigenvalue weighted by Crippen LogP contribution is -2.44. The van der Waals surface area contributed by atoms with Crippen molar-refractivity contribution in [3.8, 4) is 17.3 Å². The van der Waals surface area contributed by atoms with Crippen molar-refractivity contribution in [3.05, 3.63) is 35.5 Å². The number of nitriles is 1. The van der Waals surface area contributed by atoms with Crippen LogP contribution in [0.5, 0.6) is 0 Å². The second-order valence-electron chi connectivity index (χ2n) is 12.1. The number of hydrogen-bond acceptors (Lipinski definition) is 10. The van der Waals surface area contributed by atoms with E-state index in [0.717, 1.165) is 55.6 Å². The van der Waals surface area contributed by atoms with Gasteiger partial charge in [-0.25, -0.2) is 14.8 Å². The van der Waals surface area contributed by atoms with Crippen LogP contribution in [0, 0.1) is 16.7 Å². The highest BCUT2D eigenvalue weighted by Gasteiger charge is 2.53. The Bertz CT molecular complexity index is 1280. The Morgan fingerprint density at radius 2 is 1.91 bits per heavy atom. The van der Waals surface area contributed by atoms with Crippen LogP contribution in [-0.4, -0.2) is 72.6 Å². The van der Waals surface area contributed by atoms with Gasteiger partial charge in [0.05, 0.1) is 35.4 Å². The third-order valence-corrected chi connectivity index (χ3v) is 9.04. The van der Waals surface area contributed by atoms with Crippen molar-refractivity contribution in [3.63, 3.8) is 0 Å². The second-order valence-corrected chi connectivity index (χ2v) is 12.5. The van der Waals surface area contributed by atoms with Gasteiger partial charge in [0.1, 0.15) is 11.6 Å². The summed E-state index contributed by atoms with van der Waals surface area (Å²) in [7, 11) is 0. The van der Waals surface area contributed by atoms with Crippen LogP contribution in [0.2, 0.25) is 5.02 Å². The second kappa shape index (κ2) is 14.2. The Morgan fingerprint density at radius 3 is 2.60 bits per heavy atom. The highest BCUT2D eigenvalue weighted by molar-refractivity contribution is 6.33. The summed E-state index contributed by atoms with van der Waals surface area (Å²) in [6.45, 7) is 6.54. The van der Waals surface area contributed by atoms with Crippen LogP contribution >= 0.6 is 11.6 Å². The van der Waals surface area contributed by atoms with E-state index in [2.05, 4.69) is 33.9 Å². The van der Waals surface area contributed by atoms with Crippen LogP contribution in [0.3, 0.4) is 0 Å². The third-order valence-electron chi connectivity index (χ3n) is 8.74. The summed E-state index contributed by atoms with van der Waals surface area (Å²) in [5, 5.41) is 20.9. The maximum Gasteiger partial charge on any atom is 0.338 e. The maximum atomic E-state index is 12.1. The normalized spacial score (nSPS) is 23.0. The average molecular weight is 611 g/mol. The van der Waals surface area contributed by atoms with Gasteiger partial charge >= 0.3 is 5.97 Å². The molecule has 1 saturated heterocycles. The van der Waals surface area contributed by atoms with E-state index in [1.165, 1.54) is 0 Å². The summed E-state index contributed by atoms with van der Waals surface area (Å²) >= 11 is 6.58. The first-order valence-corrected chi connectivity index (χ1v) is 15.9. The molecule has 3 aliphatic rings. The average Bonchev–Trinajstić information content (AvgIpc) is 3.83. The molecule has 0 amide bonds. The Hall–Kier alpha value is -2.97. The Morgan fingerprint density at radius 1 is 1.16 bits per heavy atom. The lowest BCUT2D eigenvalue weighted by molar-refractivity contribution is -0.160. The summed E-state index contributed by atoms with van der Waals surface area (Å²) in [5.41, 5.74) is 0.407. The molecule has 232 valence electrons. The number of halogens is 1. The molecule has 3 fully saturated rings. The first-order valence-electron chi connectivity index (χ1n) is 15.5. The Balaban J connectivity index is 1.11. The van der Waals surface area contributed by atoms with Gasteiger partial charge in [0.2, 0.25) is 0 Å². The van der Waals surface area contributed by atoms with Crippen LogP contribution in [0.4, 0.5) is 11.6 Å². The number of carbonyl (C=O) groups excluding carboxylic acids is 1. The number of rotatable bonds is 13. The van der Waals surface area contributed by atoms with Gasteiger partial charge in [0.15, 0.2) is 5.60 Å². The third kappa shape index (κ3) is 8.15. The van der Waals surface area contributed by atoms with E-state index in [-0.39, 0.29) is 12.0 Å². The number of nitrogens with zero attached hydrogens (tertiary/aromatic N) is 3. The van der Waals surface area contributed by atoms with Gasteiger partial charge in [-0.3, -0.25) is 0 Å². The maximum absolute atomic E-state index is 12.1. The van der Waals surface area contributed by atoms with Crippen molar-refractivity contribution < 1.29 is 19.0 Å². The minimum Gasteiger partial charge on any atom is -0.464 e. The highest BCUT2D eigenvalue weighted by Crippen LogP contribution is 2.41. The number of hydrogen-bond donors (Lipinski definition) is 3. The molecule has 11 heteroatoms. The minimum atomic E-state index is -0.712. The fraction of sp³-hybridized carbons (Fsp3) is 0.625. The zero-order valence-corrected chi connectivity index (χ0v) is 25.9. The van der Waals surface area contributed by atoms with E-state index in [9.17, 15) is 10.1 Å². The molecule has 2 aliphatic carbocycles. The van der Waals surface area contributed by atoms with Gasteiger partial charge in [-0.2, -0.15) is 5.26 Å². The SMILES string of the molecule is CCOC(=O)C1(OCC(C)N[C@H]2CC[C@H](Nc3cc(-c4cccc(NCC5(C#N)CCOCC5)n4)c(Cl)cn3)CC2)CC1. The van der Waals surface area contributed by atoms with Gasteiger partial charge in [-0.15, -0.1) is 0 Å². The van der Waals surface area contributed by atoms with Crippen LogP contribution in [0.25, 0.3) is 11.3 Å². The molecule has 1 unspecified atom stereocenters. The summed E-state index contributed by atoms with van der Waals surface area (Å²) in [6.07, 6.45) is 8.69. The number of nitrogens with one attached hydrogen (secondary N) is 3.